The highest BCUT2D eigenvalue weighted by molar-refractivity contribution is 4.77. The monoisotopic (exact) mass is 183 g/mol. The molecular formula is C12H25N. The fraction of sp³-hybridized carbons (Fsp3) is 1.00. The molecule has 1 aliphatic rings. The van der Waals surface area contributed by atoms with E-state index in [1.54, 1.807) is 0 Å². The molecule has 0 aromatic rings. The molecule has 0 aromatic carbocycles. The van der Waals surface area contributed by atoms with Gasteiger partial charge in [-0.25, -0.2) is 0 Å². The van der Waals surface area contributed by atoms with Crippen molar-refractivity contribution >= 4 is 0 Å². The molecule has 13 heavy (non-hydrogen) atoms. The predicted octanol–water partition coefficient (Wildman–Crippen LogP) is 3.33. The second-order valence-electron chi connectivity index (χ2n) is 4.81. The molecule has 0 aliphatic heterocycles. The van der Waals surface area contributed by atoms with E-state index >= 15 is 0 Å². The van der Waals surface area contributed by atoms with Crippen molar-refractivity contribution in [3.8, 4) is 0 Å². The summed E-state index contributed by atoms with van der Waals surface area (Å²) in [5.41, 5.74) is 6.18. The van der Waals surface area contributed by atoms with Crippen LogP contribution in [0.1, 0.15) is 58.8 Å². The topological polar surface area (TPSA) is 26.0 Å². The molecule has 1 aliphatic carbocycles. The highest BCUT2D eigenvalue weighted by Crippen LogP contribution is 2.28. The van der Waals surface area contributed by atoms with Crippen molar-refractivity contribution < 1.29 is 0 Å². The van der Waals surface area contributed by atoms with Crippen molar-refractivity contribution in [1.82, 2.24) is 0 Å². The summed E-state index contributed by atoms with van der Waals surface area (Å²) in [6.07, 6.45) is 9.49. The normalized spacial score (nSPS) is 32.5. The molecule has 1 saturated carbocycles. The van der Waals surface area contributed by atoms with Gasteiger partial charge in [0, 0.05) is 6.04 Å². The molecule has 0 radical (unpaired) electrons. The van der Waals surface area contributed by atoms with E-state index in [4.69, 9.17) is 5.73 Å². The Kier molecular flexibility index (Phi) is 4.79. The summed E-state index contributed by atoms with van der Waals surface area (Å²) < 4.78 is 0. The van der Waals surface area contributed by atoms with Crippen molar-refractivity contribution in [2.24, 2.45) is 17.6 Å². The number of hydrogen-bond acceptors (Lipinski definition) is 1. The fourth-order valence-corrected chi connectivity index (χ4v) is 2.39. The molecule has 2 N–H and O–H groups in total. The van der Waals surface area contributed by atoms with Crippen LogP contribution in [0.2, 0.25) is 0 Å². The van der Waals surface area contributed by atoms with Gasteiger partial charge in [0.05, 0.1) is 0 Å². The maximum Gasteiger partial charge on any atom is 0.00672 e. The number of nitrogens with two attached hydrogens (primary N) is 1. The van der Waals surface area contributed by atoms with Crippen LogP contribution in [-0.4, -0.2) is 6.04 Å². The highest BCUT2D eigenvalue weighted by atomic mass is 14.6. The molecule has 1 heteroatoms. The molecule has 1 nitrogen and oxygen atoms in total. The van der Waals surface area contributed by atoms with E-state index in [1.807, 2.05) is 0 Å². The third-order valence-corrected chi connectivity index (χ3v) is 3.62. The van der Waals surface area contributed by atoms with Gasteiger partial charge in [0.2, 0.25) is 0 Å². The Morgan fingerprint density at radius 1 is 1.23 bits per heavy atom. The maximum absolute atomic E-state index is 6.18. The van der Waals surface area contributed by atoms with Crippen molar-refractivity contribution in [2.45, 2.75) is 64.8 Å². The van der Waals surface area contributed by atoms with Gasteiger partial charge in [0.15, 0.2) is 0 Å². The molecule has 78 valence electrons. The van der Waals surface area contributed by atoms with E-state index in [9.17, 15) is 0 Å². The van der Waals surface area contributed by atoms with E-state index < -0.39 is 0 Å². The zero-order chi connectivity index (χ0) is 9.68. The maximum atomic E-state index is 6.18. The fourth-order valence-electron chi connectivity index (χ4n) is 2.39. The van der Waals surface area contributed by atoms with Crippen LogP contribution in [0.4, 0.5) is 0 Å². The molecule has 1 fully saturated rings. The molecule has 0 saturated heterocycles. The van der Waals surface area contributed by atoms with E-state index in [2.05, 4.69) is 13.8 Å². The van der Waals surface area contributed by atoms with Crippen LogP contribution in [0.3, 0.4) is 0 Å². The van der Waals surface area contributed by atoms with Gasteiger partial charge in [-0.3, -0.25) is 0 Å². The molecule has 0 heterocycles. The summed E-state index contributed by atoms with van der Waals surface area (Å²) in [6.45, 7) is 4.64. The van der Waals surface area contributed by atoms with Crippen LogP contribution in [0.15, 0.2) is 0 Å². The summed E-state index contributed by atoms with van der Waals surface area (Å²) in [4.78, 5) is 0. The second-order valence-corrected chi connectivity index (χ2v) is 4.81. The van der Waals surface area contributed by atoms with Gasteiger partial charge in [-0.1, -0.05) is 39.5 Å². The summed E-state index contributed by atoms with van der Waals surface area (Å²) >= 11 is 0. The Morgan fingerprint density at radius 2 is 1.92 bits per heavy atom. The molecular weight excluding hydrogens is 158 g/mol. The minimum absolute atomic E-state index is 0.497. The van der Waals surface area contributed by atoms with Crippen molar-refractivity contribution in [3.63, 3.8) is 0 Å². The molecule has 1 rings (SSSR count). The first-order valence-electron chi connectivity index (χ1n) is 5.99. The number of rotatable bonds is 3. The minimum Gasteiger partial charge on any atom is -0.327 e. The van der Waals surface area contributed by atoms with Crippen LogP contribution in [-0.2, 0) is 0 Å². The van der Waals surface area contributed by atoms with Crippen LogP contribution < -0.4 is 5.73 Å². The molecule has 3 atom stereocenters. The Bertz CT molecular complexity index is 133. The van der Waals surface area contributed by atoms with Crippen LogP contribution in [0, 0.1) is 11.8 Å². The Hall–Kier alpha value is -0.0400. The SMILES string of the molecule is CCC(C)CC1CCCCCC1N. The van der Waals surface area contributed by atoms with E-state index in [-0.39, 0.29) is 0 Å². The largest absolute Gasteiger partial charge is 0.327 e. The van der Waals surface area contributed by atoms with Gasteiger partial charge in [0.1, 0.15) is 0 Å². The lowest BCUT2D eigenvalue weighted by molar-refractivity contribution is 0.314. The van der Waals surface area contributed by atoms with Gasteiger partial charge >= 0.3 is 0 Å². The lowest BCUT2D eigenvalue weighted by Crippen LogP contribution is -2.30. The Balaban J connectivity index is 2.35. The Morgan fingerprint density at radius 3 is 2.62 bits per heavy atom. The number of hydrogen-bond donors (Lipinski definition) is 1. The standard InChI is InChI=1S/C12H25N/c1-3-10(2)9-11-7-5-4-6-8-12(11)13/h10-12H,3-9,13H2,1-2H3. The van der Waals surface area contributed by atoms with Crippen LogP contribution in [0.25, 0.3) is 0 Å². The first-order valence-corrected chi connectivity index (χ1v) is 5.99. The smallest absolute Gasteiger partial charge is 0.00672 e. The molecule has 0 bridgehead atoms. The quantitative estimate of drug-likeness (QED) is 0.667. The lowest BCUT2D eigenvalue weighted by Gasteiger charge is -2.23. The first kappa shape index (κ1) is 11.0. The van der Waals surface area contributed by atoms with Crippen molar-refractivity contribution in [3.05, 3.63) is 0 Å². The van der Waals surface area contributed by atoms with E-state index in [0.717, 1.165) is 11.8 Å². The summed E-state index contributed by atoms with van der Waals surface area (Å²) in [7, 11) is 0. The average molecular weight is 183 g/mol. The molecule has 3 unspecified atom stereocenters. The molecule has 0 spiro atoms. The van der Waals surface area contributed by atoms with Crippen LogP contribution in [0.5, 0.6) is 0 Å². The average Bonchev–Trinajstić information content (AvgIpc) is 2.32. The first-order chi connectivity index (χ1) is 6.24. The lowest BCUT2D eigenvalue weighted by atomic mass is 9.86. The van der Waals surface area contributed by atoms with Gasteiger partial charge in [-0.2, -0.15) is 0 Å². The third-order valence-electron chi connectivity index (χ3n) is 3.62. The zero-order valence-corrected chi connectivity index (χ0v) is 9.26. The van der Waals surface area contributed by atoms with Crippen molar-refractivity contribution in [1.29, 1.82) is 0 Å². The van der Waals surface area contributed by atoms with Crippen molar-refractivity contribution in [2.75, 3.05) is 0 Å². The van der Waals surface area contributed by atoms with E-state index in [0.29, 0.717) is 6.04 Å². The summed E-state index contributed by atoms with van der Waals surface area (Å²) in [5, 5.41) is 0. The second kappa shape index (κ2) is 5.64. The molecule has 0 aromatic heterocycles. The minimum atomic E-state index is 0.497. The van der Waals surface area contributed by atoms with E-state index in [1.165, 1.54) is 44.9 Å². The summed E-state index contributed by atoms with van der Waals surface area (Å²) in [6, 6.07) is 0.497. The van der Waals surface area contributed by atoms with Gasteiger partial charge in [-0.15, -0.1) is 0 Å². The summed E-state index contributed by atoms with van der Waals surface area (Å²) in [5.74, 6) is 1.69. The molecule has 0 amide bonds. The third kappa shape index (κ3) is 3.68. The predicted molar refractivity (Wildman–Crippen MR) is 58.6 cm³/mol. The highest BCUT2D eigenvalue weighted by Gasteiger charge is 2.21. The van der Waals surface area contributed by atoms with Gasteiger partial charge in [-0.05, 0) is 31.1 Å². The van der Waals surface area contributed by atoms with Gasteiger partial charge in [0.25, 0.3) is 0 Å². The van der Waals surface area contributed by atoms with Crippen LogP contribution >= 0.6 is 0 Å². The zero-order valence-electron chi connectivity index (χ0n) is 9.26. The Labute approximate surface area is 83.1 Å². The van der Waals surface area contributed by atoms with Gasteiger partial charge < -0.3 is 5.73 Å².